The Kier molecular flexibility index (Phi) is 6.06. The molecule has 4 heteroatoms. The van der Waals surface area contributed by atoms with E-state index in [9.17, 15) is 5.11 Å². The molecule has 2 rings (SSSR count). The highest BCUT2D eigenvalue weighted by molar-refractivity contribution is 6.30. The van der Waals surface area contributed by atoms with Crippen LogP contribution in [-0.4, -0.2) is 48.3 Å². The second-order valence-corrected chi connectivity index (χ2v) is 6.41. The van der Waals surface area contributed by atoms with Gasteiger partial charge < -0.3 is 15.3 Å². The summed E-state index contributed by atoms with van der Waals surface area (Å²) < 4.78 is 0. The number of rotatable bonds is 6. The van der Waals surface area contributed by atoms with Crippen LogP contribution in [0.5, 0.6) is 0 Å². The molecule has 2 N–H and O–H groups in total. The number of benzene rings is 1. The lowest BCUT2D eigenvalue weighted by Gasteiger charge is -2.39. The molecular formula is C17H27ClN2O. The van der Waals surface area contributed by atoms with Crippen LogP contribution in [0.3, 0.4) is 0 Å². The molecule has 1 aromatic carbocycles. The zero-order chi connectivity index (χ0) is 15.3. The van der Waals surface area contributed by atoms with Crippen LogP contribution in [0.1, 0.15) is 38.2 Å². The third-order valence-electron chi connectivity index (χ3n) is 4.77. The molecule has 0 aromatic heterocycles. The highest BCUT2D eigenvalue weighted by Crippen LogP contribution is 2.35. The number of hydrogen-bond acceptors (Lipinski definition) is 3. The van der Waals surface area contributed by atoms with Gasteiger partial charge in [0.25, 0.3) is 0 Å². The Morgan fingerprint density at radius 2 is 1.95 bits per heavy atom. The van der Waals surface area contributed by atoms with Gasteiger partial charge in [0.15, 0.2) is 0 Å². The third kappa shape index (κ3) is 4.19. The molecule has 0 radical (unpaired) electrons. The Labute approximate surface area is 133 Å². The van der Waals surface area contributed by atoms with Gasteiger partial charge in [-0.2, -0.15) is 0 Å². The summed E-state index contributed by atoms with van der Waals surface area (Å²) in [5.74, 6) is 0.101. The first-order valence-electron chi connectivity index (χ1n) is 8.00. The first kappa shape index (κ1) is 16.8. The number of nitrogens with one attached hydrogen (secondary N) is 1. The predicted octanol–water partition coefficient (Wildman–Crippen LogP) is 2.88. The van der Waals surface area contributed by atoms with Crippen LogP contribution in [0.15, 0.2) is 24.3 Å². The van der Waals surface area contributed by atoms with Gasteiger partial charge in [-0.25, -0.2) is 0 Å². The summed E-state index contributed by atoms with van der Waals surface area (Å²) in [6, 6.07) is 7.97. The summed E-state index contributed by atoms with van der Waals surface area (Å²) >= 11 is 6.16. The molecule has 0 bridgehead atoms. The largest absolute Gasteiger partial charge is 0.389 e. The number of aliphatic hydroxyl groups is 1. The minimum absolute atomic E-state index is 0.101. The molecule has 1 saturated heterocycles. The molecule has 1 aliphatic heterocycles. The zero-order valence-electron chi connectivity index (χ0n) is 13.1. The molecule has 1 atom stereocenters. The maximum absolute atomic E-state index is 11.1. The Balaban J connectivity index is 2.25. The van der Waals surface area contributed by atoms with Crippen LogP contribution >= 0.6 is 11.6 Å². The second-order valence-electron chi connectivity index (χ2n) is 5.97. The molecule has 3 nitrogen and oxygen atoms in total. The van der Waals surface area contributed by atoms with Crippen LogP contribution < -0.4 is 5.32 Å². The van der Waals surface area contributed by atoms with Gasteiger partial charge in [0.05, 0.1) is 5.60 Å². The van der Waals surface area contributed by atoms with E-state index in [1.165, 1.54) is 0 Å². The topological polar surface area (TPSA) is 35.5 Å². The van der Waals surface area contributed by atoms with Crippen molar-refractivity contribution in [3.63, 3.8) is 0 Å². The Morgan fingerprint density at radius 1 is 1.29 bits per heavy atom. The maximum atomic E-state index is 11.1. The Bertz CT molecular complexity index is 442. The number of halogens is 1. The van der Waals surface area contributed by atoms with E-state index in [1.807, 2.05) is 18.2 Å². The second kappa shape index (κ2) is 7.59. The van der Waals surface area contributed by atoms with Crippen molar-refractivity contribution in [1.82, 2.24) is 10.2 Å². The van der Waals surface area contributed by atoms with Crippen molar-refractivity contribution in [2.24, 2.45) is 0 Å². The van der Waals surface area contributed by atoms with Gasteiger partial charge in [-0.1, -0.05) is 37.6 Å². The van der Waals surface area contributed by atoms with Crippen molar-refractivity contribution in [3.05, 3.63) is 34.9 Å². The third-order valence-corrected chi connectivity index (χ3v) is 5.01. The standard InChI is InChI=1S/C17H27ClN2O/c1-3-17(21,4-2)16(13-20-10-8-19-9-11-20)14-6-5-7-15(18)12-14/h5-7,12,16,19,21H,3-4,8-11,13H2,1-2H3/t16-/m1/s1. The van der Waals surface area contributed by atoms with Crippen molar-refractivity contribution in [2.45, 2.75) is 38.2 Å². The Morgan fingerprint density at radius 3 is 2.52 bits per heavy atom. The van der Waals surface area contributed by atoms with Crippen LogP contribution in [0, 0.1) is 0 Å². The molecule has 118 valence electrons. The van der Waals surface area contributed by atoms with Crippen molar-refractivity contribution >= 4 is 11.6 Å². The molecule has 0 spiro atoms. The van der Waals surface area contributed by atoms with Gasteiger partial charge in [0.1, 0.15) is 0 Å². The highest BCUT2D eigenvalue weighted by atomic mass is 35.5. The van der Waals surface area contributed by atoms with E-state index in [0.29, 0.717) is 0 Å². The Hall–Kier alpha value is -0.610. The summed E-state index contributed by atoms with van der Waals surface area (Å²) in [5, 5.41) is 15.2. The molecule has 1 heterocycles. The molecule has 0 amide bonds. The average Bonchev–Trinajstić information content (AvgIpc) is 2.53. The van der Waals surface area contributed by atoms with E-state index in [-0.39, 0.29) is 5.92 Å². The van der Waals surface area contributed by atoms with E-state index >= 15 is 0 Å². The maximum Gasteiger partial charge on any atom is 0.0723 e. The number of piperazine rings is 1. The van der Waals surface area contributed by atoms with Crippen molar-refractivity contribution in [2.75, 3.05) is 32.7 Å². The van der Waals surface area contributed by atoms with Crippen molar-refractivity contribution in [1.29, 1.82) is 0 Å². The van der Waals surface area contributed by atoms with E-state index in [4.69, 9.17) is 11.6 Å². The first-order valence-corrected chi connectivity index (χ1v) is 8.37. The lowest BCUT2D eigenvalue weighted by molar-refractivity contribution is -0.00821. The van der Waals surface area contributed by atoms with E-state index in [0.717, 1.165) is 56.2 Å². The monoisotopic (exact) mass is 310 g/mol. The van der Waals surface area contributed by atoms with Gasteiger partial charge in [-0.15, -0.1) is 0 Å². The van der Waals surface area contributed by atoms with Gasteiger partial charge in [-0.3, -0.25) is 0 Å². The van der Waals surface area contributed by atoms with E-state index in [1.54, 1.807) is 0 Å². The van der Waals surface area contributed by atoms with Crippen molar-refractivity contribution < 1.29 is 5.11 Å². The van der Waals surface area contributed by atoms with Crippen LogP contribution in [-0.2, 0) is 0 Å². The fourth-order valence-corrected chi connectivity index (χ4v) is 3.40. The zero-order valence-corrected chi connectivity index (χ0v) is 13.9. The number of nitrogens with zero attached hydrogens (tertiary/aromatic N) is 1. The molecule has 0 aliphatic carbocycles. The van der Waals surface area contributed by atoms with E-state index in [2.05, 4.69) is 30.1 Å². The quantitative estimate of drug-likeness (QED) is 0.848. The van der Waals surface area contributed by atoms with Crippen LogP contribution in [0.4, 0.5) is 0 Å². The average molecular weight is 311 g/mol. The van der Waals surface area contributed by atoms with E-state index < -0.39 is 5.60 Å². The highest BCUT2D eigenvalue weighted by Gasteiger charge is 2.35. The van der Waals surface area contributed by atoms with Gasteiger partial charge >= 0.3 is 0 Å². The summed E-state index contributed by atoms with van der Waals surface area (Å²) in [6.45, 7) is 9.16. The van der Waals surface area contributed by atoms with Gasteiger partial charge in [0, 0.05) is 43.7 Å². The van der Waals surface area contributed by atoms with Gasteiger partial charge in [0.2, 0.25) is 0 Å². The summed E-state index contributed by atoms with van der Waals surface area (Å²) in [6.07, 6.45) is 1.51. The normalized spacial score (nSPS) is 18.7. The lowest BCUT2D eigenvalue weighted by Crippen LogP contribution is -2.48. The lowest BCUT2D eigenvalue weighted by atomic mass is 9.78. The minimum Gasteiger partial charge on any atom is -0.389 e. The fraction of sp³-hybridized carbons (Fsp3) is 0.647. The fourth-order valence-electron chi connectivity index (χ4n) is 3.20. The molecule has 21 heavy (non-hydrogen) atoms. The van der Waals surface area contributed by atoms with Crippen molar-refractivity contribution in [3.8, 4) is 0 Å². The first-order chi connectivity index (χ1) is 10.1. The molecule has 1 aromatic rings. The van der Waals surface area contributed by atoms with Crippen LogP contribution in [0.2, 0.25) is 5.02 Å². The summed E-state index contributed by atoms with van der Waals surface area (Å²) in [7, 11) is 0. The smallest absolute Gasteiger partial charge is 0.0723 e. The molecule has 0 saturated carbocycles. The predicted molar refractivity (Wildman–Crippen MR) is 89.0 cm³/mol. The molecular weight excluding hydrogens is 284 g/mol. The molecule has 1 fully saturated rings. The molecule has 0 unspecified atom stereocenters. The van der Waals surface area contributed by atoms with Gasteiger partial charge in [-0.05, 0) is 30.5 Å². The minimum atomic E-state index is -0.671. The van der Waals surface area contributed by atoms with Crippen LogP contribution in [0.25, 0.3) is 0 Å². The summed E-state index contributed by atoms with van der Waals surface area (Å²) in [4.78, 5) is 2.44. The molecule has 1 aliphatic rings. The summed E-state index contributed by atoms with van der Waals surface area (Å²) in [5.41, 5.74) is 0.475. The number of hydrogen-bond donors (Lipinski definition) is 2. The SMILES string of the molecule is CCC(O)(CC)[C@H](CN1CCNCC1)c1cccc(Cl)c1.